The number of nitrogens with zero attached hydrogens (tertiary/aromatic N) is 1. The molecule has 0 radical (unpaired) electrons. The van der Waals surface area contributed by atoms with Crippen LogP contribution in [0.3, 0.4) is 0 Å². The second kappa shape index (κ2) is 8.61. The fourth-order valence-electron chi connectivity index (χ4n) is 2.67. The highest BCUT2D eigenvalue weighted by atomic mass is 15.0. The molecule has 0 fully saturated rings. The van der Waals surface area contributed by atoms with Gasteiger partial charge in [0.25, 0.3) is 0 Å². The van der Waals surface area contributed by atoms with Crippen LogP contribution < -0.4 is 4.57 Å². The molecule has 0 saturated heterocycles. The van der Waals surface area contributed by atoms with Crippen LogP contribution in [0.5, 0.6) is 0 Å². The average molecular weight is 282 g/mol. The van der Waals surface area contributed by atoms with Gasteiger partial charge in [0.2, 0.25) is 0 Å². The maximum Gasteiger partial charge on any atom is 0.181 e. The van der Waals surface area contributed by atoms with E-state index < -0.39 is 0 Å². The monoisotopic (exact) mass is 282 g/mol. The smallest absolute Gasteiger partial charge is 0.181 e. The first-order valence-corrected chi connectivity index (χ1v) is 8.38. The molecule has 1 heterocycles. The van der Waals surface area contributed by atoms with E-state index in [4.69, 9.17) is 0 Å². The minimum atomic E-state index is 0.986. The van der Waals surface area contributed by atoms with E-state index >= 15 is 0 Å². The van der Waals surface area contributed by atoms with Crippen LogP contribution in [-0.4, -0.2) is 0 Å². The number of rotatable bonds is 8. The first-order valence-electron chi connectivity index (χ1n) is 8.38. The Morgan fingerprint density at radius 3 is 2.19 bits per heavy atom. The number of unbranched alkanes of at least 4 members (excludes halogenated alkanes) is 2. The van der Waals surface area contributed by atoms with Crippen molar-refractivity contribution >= 4 is 0 Å². The Morgan fingerprint density at radius 1 is 0.762 bits per heavy atom. The van der Waals surface area contributed by atoms with E-state index in [1.165, 1.54) is 55.3 Å². The minimum absolute atomic E-state index is 0.986. The van der Waals surface area contributed by atoms with Crippen LogP contribution in [0.25, 0.3) is 0 Å². The Hall–Kier alpha value is -1.63. The number of hydrogen-bond donors (Lipinski definition) is 0. The van der Waals surface area contributed by atoms with Crippen LogP contribution in [0.2, 0.25) is 0 Å². The van der Waals surface area contributed by atoms with Gasteiger partial charge in [0.15, 0.2) is 18.4 Å². The lowest BCUT2D eigenvalue weighted by atomic mass is 10.1. The van der Waals surface area contributed by atoms with Gasteiger partial charge >= 0.3 is 0 Å². The van der Waals surface area contributed by atoms with E-state index in [0.29, 0.717) is 0 Å². The molecule has 0 spiro atoms. The Labute approximate surface area is 129 Å². The van der Waals surface area contributed by atoms with Crippen LogP contribution >= 0.6 is 0 Å². The van der Waals surface area contributed by atoms with Crippen molar-refractivity contribution in [3.05, 3.63) is 65.5 Å². The summed E-state index contributed by atoms with van der Waals surface area (Å²) in [5.74, 6) is 0. The third-order valence-corrected chi connectivity index (χ3v) is 3.98. The minimum Gasteiger partial charge on any atom is -0.198 e. The number of aryl methyl sites for hydroxylation is 2. The summed E-state index contributed by atoms with van der Waals surface area (Å²) in [4.78, 5) is 0. The van der Waals surface area contributed by atoms with Gasteiger partial charge in [-0.2, -0.15) is 4.57 Å². The molecule has 112 valence electrons. The first-order chi connectivity index (χ1) is 10.3. The van der Waals surface area contributed by atoms with E-state index in [0.717, 1.165) is 6.54 Å². The van der Waals surface area contributed by atoms with Gasteiger partial charge in [-0.15, -0.1) is 0 Å². The van der Waals surface area contributed by atoms with Gasteiger partial charge in [-0.3, -0.25) is 0 Å². The summed E-state index contributed by atoms with van der Waals surface area (Å²) in [7, 11) is 0. The predicted octanol–water partition coefficient (Wildman–Crippen LogP) is 4.71. The fraction of sp³-hybridized carbons (Fsp3) is 0.450. The summed E-state index contributed by atoms with van der Waals surface area (Å²) in [5.41, 5.74) is 4.31. The zero-order valence-corrected chi connectivity index (χ0v) is 13.5. The number of benzene rings is 1. The van der Waals surface area contributed by atoms with Gasteiger partial charge in [0, 0.05) is 23.6 Å². The number of aromatic nitrogens is 1. The van der Waals surface area contributed by atoms with Crippen LogP contribution in [0, 0.1) is 0 Å². The maximum atomic E-state index is 2.45. The van der Waals surface area contributed by atoms with Crippen molar-refractivity contribution in [1.82, 2.24) is 0 Å². The molecule has 2 aromatic rings. The summed E-state index contributed by atoms with van der Waals surface area (Å²) in [6, 6.07) is 15.4. The first kappa shape index (κ1) is 15.8. The van der Waals surface area contributed by atoms with Gasteiger partial charge in [-0.25, -0.2) is 0 Å². The van der Waals surface area contributed by atoms with E-state index in [1.807, 2.05) is 0 Å². The van der Waals surface area contributed by atoms with Gasteiger partial charge in [-0.1, -0.05) is 57.0 Å². The summed E-state index contributed by atoms with van der Waals surface area (Å²) >= 11 is 0. The molecule has 1 nitrogen and oxygen atoms in total. The molecule has 21 heavy (non-hydrogen) atoms. The molecular formula is C20H28N+. The number of hydrogen-bond acceptors (Lipinski definition) is 0. The largest absolute Gasteiger partial charge is 0.198 e. The summed E-state index contributed by atoms with van der Waals surface area (Å²) in [6.45, 7) is 5.50. The van der Waals surface area contributed by atoms with Crippen LogP contribution in [0.4, 0.5) is 0 Å². The molecule has 0 amide bonds. The summed E-state index contributed by atoms with van der Waals surface area (Å²) in [5, 5.41) is 0. The quantitative estimate of drug-likeness (QED) is 0.617. The van der Waals surface area contributed by atoms with Crippen molar-refractivity contribution in [2.45, 2.75) is 58.9 Å². The van der Waals surface area contributed by atoms with E-state index in [9.17, 15) is 0 Å². The van der Waals surface area contributed by atoms with Crippen LogP contribution in [0.15, 0.2) is 48.7 Å². The van der Waals surface area contributed by atoms with Crippen molar-refractivity contribution in [2.24, 2.45) is 0 Å². The second-order valence-electron chi connectivity index (χ2n) is 5.85. The van der Waals surface area contributed by atoms with Crippen LogP contribution in [0.1, 0.15) is 56.4 Å². The fourth-order valence-corrected chi connectivity index (χ4v) is 2.67. The highest BCUT2D eigenvalue weighted by Crippen LogP contribution is 2.08. The van der Waals surface area contributed by atoms with Gasteiger partial charge < -0.3 is 0 Å². The normalized spacial score (nSPS) is 10.8. The maximum absolute atomic E-state index is 2.45. The molecule has 1 aromatic carbocycles. The summed E-state index contributed by atoms with van der Waals surface area (Å²) < 4.78 is 2.45. The average Bonchev–Trinajstić information content (AvgIpc) is 2.53. The van der Waals surface area contributed by atoms with Crippen LogP contribution in [-0.2, 0) is 19.4 Å². The van der Waals surface area contributed by atoms with Gasteiger partial charge in [-0.05, 0) is 25.3 Å². The zero-order valence-electron chi connectivity index (χ0n) is 13.5. The van der Waals surface area contributed by atoms with E-state index in [2.05, 4.69) is 67.1 Å². The third kappa shape index (κ3) is 5.00. The second-order valence-corrected chi connectivity index (χ2v) is 5.85. The number of pyridine rings is 1. The predicted molar refractivity (Wildman–Crippen MR) is 89.4 cm³/mol. The lowest BCUT2D eigenvalue weighted by molar-refractivity contribution is -0.696. The Morgan fingerprint density at radius 2 is 1.48 bits per heavy atom. The Bertz CT molecular complexity index is 531. The molecule has 1 heteroatoms. The highest BCUT2D eigenvalue weighted by Gasteiger charge is 2.12. The Balaban J connectivity index is 2.20. The van der Waals surface area contributed by atoms with Crippen molar-refractivity contribution < 1.29 is 4.57 Å². The molecule has 2 rings (SSSR count). The van der Waals surface area contributed by atoms with Gasteiger partial charge in [0.05, 0.1) is 0 Å². The molecule has 1 aromatic heterocycles. The molecule has 0 N–H and O–H groups in total. The van der Waals surface area contributed by atoms with Gasteiger partial charge in [0.1, 0.15) is 0 Å². The molecule has 0 saturated carbocycles. The lowest BCUT2D eigenvalue weighted by Crippen LogP contribution is -2.39. The molecular weight excluding hydrogens is 254 g/mol. The molecule has 0 atom stereocenters. The Kier molecular flexibility index (Phi) is 6.46. The molecule has 0 aliphatic carbocycles. The van der Waals surface area contributed by atoms with E-state index in [1.54, 1.807) is 0 Å². The standard InChI is InChI=1S/C20H28N/c1-3-5-10-19-14-15-20(13-6-4-2)21(17-19)16-18-11-8-7-9-12-18/h7-9,11-12,14-15,17H,3-6,10,13,16H2,1-2H3/q+1. The van der Waals surface area contributed by atoms with Crippen molar-refractivity contribution in [3.63, 3.8) is 0 Å². The topological polar surface area (TPSA) is 3.88 Å². The lowest BCUT2D eigenvalue weighted by Gasteiger charge is -2.07. The molecule has 0 aliphatic heterocycles. The molecule has 0 bridgehead atoms. The highest BCUT2D eigenvalue weighted by molar-refractivity contribution is 5.14. The third-order valence-electron chi connectivity index (χ3n) is 3.98. The van der Waals surface area contributed by atoms with E-state index in [-0.39, 0.29) is 0 Å². The summed E-state index contributed by atoms with van der Waals surface area (Å²) in [6.07, 6.45) is 9.80. The van der Waals surface area contributed by atoms with Crippen molar-refractivity contribution in [3.8, 4) is 0 Å². The molecule has 0 aliphatic rings. The molecule has 0 unspecified atom stereocenters. The van der Waals surface area contributed by atoms with Crippen molar-refractivity contribution in [1.29, 1.82) is 0 Å². The zero-order chi connectivity index (χ0) is 14.9. The SMILES string of the molecule is CCCCc1ccc(CCCC)[n+](Cc2ccccc2)c1. The van der Waals surface area contributed by atoms with Crippen molar-refractivity contribution in [2.75, 3.05) is 0 Å².